The zero-order valence-electron chi connectivity index (χ0n) is 9.48. The van der Waals surface area contributed by atoms with E-state index >= 15 is 0 Å². The Labute approximate surface area is 96.8 Å². The second-order valence-corrected chi connectivity index (χ2v) is 6.07. The van der Waals surface area contributed by atoms with Crippen LogP contribution in [0.15, 0.2) is 0 Å². The Kier molecular flexibility index (Phi) is 5.19. The molecule has 0 radical (unpaired) electrons. The van der Waals surface area contributed by atoms with Crippen molar-refractivity contribution in [3.63, 3.8) is 0 Å². The molecule has 1 aliphatic rings. The molecule has 0 aromatic carbocycles. The van der Waals surface area contributed by atoms with Gasteiger partial charge in [-0.2, -0.15) is 5.26 Å². The highest BCUT2D eigenvalue weighted by Crippen LogP contribution is 2.15. The Morgan fingerprint density at radius 1 is 1.56 bits per heavy atom. The van der Waals surface area contributed by atoms with Crippen molar-refractivity contribution in [2.75, 3.05) is 13.2 Å². The van der Waals surface area contributed by atoms with E-state index in [9.17, 15) is 8.42 Å². The van der Waals surface area contributed by atoms with Gasteiger partial charge in [-0.25, -0.2) is 13.1 Å². The highest BCUT2D eigenvalue weighted by atomic mass is 32.2. The number of nitrogens with one attached hydrogen (secondary N) is 1. The topological polar surface area (TPSA) is 79.2 Å². The smallest absolute Gasteiger partial charge is 0.227 e. The van der Waals surface area contributed by atoms with Crippen LogP contribution in [0, 0.1) is 11.3 Å². The monoisotopic (exact) mass is 246 g/mol. The number of hydrogen-bond acceptors (Lipinski definition) is 4. The Balaban J connectivity index is 2.27. The minimum absolute atomic E-state index is 0.161. The summed E-state index contributed by atoms with van der Waals surface area (Å²) >= 11 is 0. The first-order valence-electron chi connectivity index (χ1n) is 5.56. The Morgan fingerprint density at radius 3 is 2.88 bits per heavy atom. The van der Waals surface area contributed by atoms with Crippen molar-refractivity contribution >= 4 is 10.0 Å². The summed E-state index contributed by atoms with van der Waals surface area (Å²) < 4.78 is 30.8. The fourth-order valence-electron chi connectivity index (χ4n) is 1.59. The van der Waals surface area contributed by atoms with Gasteiger partial charge >= 0.3 is 0 Å². The number of rotatable bonds is 5. The summed E-state index contributed by atoms with van der Waals surface area (Å²) in [4.78, 5) is 0. The third kappa shape index (κ3) is 4.08. The number of nitriles is 1. The van der Waals surface area contributed by atoms with Crippen LogP contribution < -0.4 is 4.72 Å². The van der Waals surface area contributed by atoms with Crippen molar-refractivity contribution in [2.45, 2.75) is 44.0 Å². The van der Waals surface area contributed by atoms with Gasteiger partial charge < -0.3 is 4.74 Å². The van der Waals surface area contributed by atoms with E-state index in [1.165, 1.54) is 6.92 Å². The normalized spacial score (nSPS) is 23.6. The molecule has 0 bridgehead atoms. The van der Waals surface area contributed by atoms with Crippen LogP contribution in [0.4, 0.5) is 0 Å². The van der Waals surface area contributed by atoms with E-state index < -0.39 is 15.3 Å². The van der Waals surface area contributed by atoms with Crippen molar-refractivity contribution in [3.8, 4) is 6.07 Å². The molecule has 0 aromatic rings. The lowest BCUT2D eigenvalue weighted by molar-refractivity contribution is 0.0123. The summed E-state index contributed by atoms with van der Waals surface area (Å²) in [5.74, 6) is 0. The Bertz CT molecular complexity index is 342. The van der Waals surface area contributed by atoms with Crippen molar-refractivity contribution in [1.29, 1.82) is 5.26 Å². The third-order valence-electron chi connectivity index (χ3n) is 2.69. The van der Waals surface area contributed by atoms with Crippen LogP contribution in [0.3, 0.4) is 0 Å². The predicted octanol–water partition coefficient (Wildman–Crippen LogP) is 0.777. The van der Waals surface area contributed by atoms with Gasteiger partial charge in [0.2, 0.25) is 10.0 Å². The van der Waals surface area contributed by atoms with Gasteiger partial charge in [-0.3, -0.25) is 0 Å². The molecule has 0 aliphatic carbocycles. The summed E-state index contributed by atoms with van der Waals surface area (Å²) in [6.07, 6.45) is 4.07. The van der Waals surface area contributed by atoms with E-state index in [1.807, 2.05) is 0 Å². The van der Waals surface area contributed by atoms with Gasteiger partial charge in [0.05, 0.1) is 12.2 Å². The van der Waals surface area contributed by atoms with Gasteiger partial charge in [-0.15, -0.1) is 0 Å². The van der Waals surface area contributed by atoms with Crippen LogP contribution in [0.2, 0.25) is 0 Å². The first-order chi connectivity index (χ1) is 7.56. The predicted molar refractivity (Wildman–Crippen MR) is 60.2 cm³/mol. The Hall–Kier alpha value is -0.640. The third-order valence-corrected chi connectivity index (χ3v) is 4.33. The van der Waals surface area contributed by atoms with Gasteiger partial charge in [0.25, 0.3) is 0 Å². The molecular weight excluding hydrogens is 228 g/mol. The molecule has 1 rings (SSSR count). The van der Waals surface area contributed by atoms with Crippen LogP contribution in [-0.4, -0.2) is 32.9 Å². The van der Waals surface area contributed by atoms with Gasteiger partial charge in [-0.05, 0) is 32.6 Å². The zero-order valence-corrected chi connectivity index (χ0v) is 10.3. The van der Waals surface area contributed by atoms with E-state index in [-0.39, 0.29) is 6.10 Å². The summed E-state index contributed by atoms with van der Waals surface area (Å²) in [6.45, 7) is 2.49. The molecule has 16 heavy (non-hydrogen) atoms. The van der Waals surface area contributed by atoms with Gasteiger partial charge in [0, 0.05) is 13.2 Å². The summed E-state index contributed by atoms with van der Waals surface area (Å²) in [5, 5.41) is 7.52. The Morgan fingerprint density at radius 2 is 2.31 bits per heavy atom. The molecule has 6 heteroatoms. The standard InChI is InChI=1S/C10H18N2O3S/c1-9(8-11)16(13,14)12-6-5-10-4-2-3-7-15-10/h9-10,12H,2-7H2,1H3. The minimum Gasteiger partial charge on any atom is -0.378 e. The highest BCUT2D eigenvalue weighted by Gasteiger charge is 2.20. The second kappa shape index (κ2) is 6.18. The van der Waals surface area contributed by atoms with E-state index in [0.717, 1.165) is 25.9 Å². The second-order valence-electron chi connectivity index (χ2n) is 3.99. The molecule has 1 aliphatic heterocycles. The fourth-order valence-corrected chi connectivity index (χ4v) is 2.38. The first-order valence-corrected chi connectivity index (χ1v) is 7.10. The fraction of sp³-hybridized carbons (Fsp3) is 0.900. The van der Waals surface area contributed by atoms with Crippen LogP contribution in [-0.2, 0) is 14.8 Å². The molecule has 1 saturated heterocycles. The average molecular weight is 246 g/mol. The molecule has 0 spiro atoms. The molecule has 1 N–H and O–H groups in total. The van der Waals surface area contributed by atoms with Crippen LogP contribution >= 0.6 is 0 Å². The van der Waals surface area contributed by atoms with E-state index in [2.05, 4.69) is 4.72 Å². The quantitative estimate of drug-likeness (QED) is 0.777. The molecule has 2 unspecified atom stereocenters. The highest BCUT2D eigenvalue weighted by molar-refractivity contribution is 7.90. The molecular formula is C10H18N2O3S. The summed E-state index contributed by atoms with van der Waals surface area (Å²) in [7, 11) is -3.48. The molecule has 2 atom stereocenters. The number of sulfonamides is 1. The lowest BCUT2D eigenvalue weighted by atomic mass is 10.1. The number of ether oxygens (including phenoxy) is 1. The van der Waals surface area contributed by atoms with Gasteiger partial charge in [0.15, 0.2) is 5.25 Å². The molecule has 0 amide bonds. The minimum atomic E-state index is -3.48. The van der Waals surface area contributed by atoms with Crippen molar-refractivity contribution in [3.05, 3.63) is 0 Å². The number of nitrogens with zero attached hydrogens (tertiary/aromatic N) is 1. The lowest BCUT2D eigenvalue weighted by Gasteiger charge is -2.22. The van der Waals surface area contributed by atoms with Gasteiger partial charge in [-0.1, -0.05) is 0 Å². The van der Waals surface area contributed by atoms with Crippen molar-refractivity contribution in [2.24, 2.45) is 0 Å². The summed E-state index contributed by atoms with van der Waals surface area (Å²) in [6, 6.07) is 1.71. The first kappa shape index (κ1) is 13.4. The molecule has 1 heterocycles. The average Bonchev–Trinajstić information content (AvgIpc) is 2.29. The maximum absolute atomic E-state index is 11.4. The summed E-state index contributed by atoms with van der Waals surface area (Å²) in [5.41, 5.74) is 0. The van der Waals surface area contributed by atoms with E-state index in [1.54, 1.807) is 6.07 Å². The van der Waals surface area contributed by atoms with Gasteiger partial charge in [0.1, 0.15) is 0 Å². The molecule has 1 fully saturated rings. The number of hydrogen-bond donors (Lipinski definition) is 1. The molecule has 92 valence electrons. The largest absolute Gasteiger partial charge is 0.378 e. The zero-order chi connectivity index (χ0) is 12.0. The SMILES string of the molecule is CC(C#N)S(=O)(=O)NCCC1CCCCO1. The van der Waals surface area contributed by atoms with Crippen molar-refractivity contribution < 1.29 is 13.2 Å². The van der Waals surface area contributed by atoms with Crippen molar-refractivity contribution in [1.82, 2.24) is 4.72 Å². The molecule has 0 saturated carbocycles. The van der Waals surface area contributed by atoms with Crippen LogP contribution in [0.25, 0.3) is 0 Å². The molecule has 5 nitrogen and oxygen atoms in total. The van der Waals surface area contributed by atoms with E-state index in [4.69, 9.17) is 10.00 Å². The van der Waals surface area contributed by atoms with Crippen LogP contribution in [0.1, 0.15) is 32.6 Å². The van der Waals surface area contributed by atoms with Crippen LogP contribution in [0.5, 0.6) is 0 Å². The lowest BCUT2D eigenvalue weighted by Crippen LogP contribution is -2.34. The maximum atomic E-state index is 11.4. The van der Waals surface area contributed by atoms with E-state index in [0.29, 0.717) is 13.0 Å². The molecule has 0 aromatic heterocycles. The maximum Gasteiger partial charge on any atom is 0.227 e.